The number of non-ortho nitro benzene ring substituents is 1. The van der Waals surface area contributed by atoms with Crippen LogP contribution in [0.25, 0.3) is 10.9 Å². The summed E-state index contributed by atoms with van der Waals surface area (Å²) in [5.74, 6) is -0.423. The molecule has 0 saturated heterocycles. The van der Waals surface area contributed by atoms with E-state index in [0.717, 1.165) is 26.5 Å². The monoisotopic (exact) mass is 464 g/mol. The largest absolute Gasteiger partial charge is 0.456 e. The Labute approximate surface area is 181 Å². The van der Waals surface area contributed by atoms with Crippen molar-refractivity contribution < 1.29 is 14.5 Å². The third-order valence-corrected chi connectivity index (χ3v) is 5.27. The van der Waals surface area contributed by atoms with E-state index in [-0.39, 0.29) is 12.3 Å². The molecular formula is C23H17BrN2O4. The van der Waals surface area contributed by atoms with Crippen molar-refractivity contribution in [2.45, 2.75) is 13.2 Å². The predicted octanol–water partition coefficient (Wildman–Crippen LogP) is 5.72. The van der Waals surface area contributed by atoms with Crippen molar-refractivity contribution >= 4 is 38.5 Å². The lowest BCUT2D eigenvalue weighted by atomic mass is 10.2. The van der Waals surface area contributed by atoms with Crippen molar-refractivity contribution in [1.29, 1.82) is 0 Å². The summed E-state index contributed by atoms with van der Waals surface area (Å²) in [6.45, 7) is 0.571. The van der Waals surface area contributed by atoms with Crippen LogP contribution in [0.2, 0.25) is 0 Å². The Morgan fingerprint density at radius 2 is 1.70 bits per heavy atom. The summed E-state index contributed by atoms with van der Waals surface area (Å²) >= 11 is 3.46. The Kier molecular flexibility index (Phi) is 5.63. The van der Waals surface area contributed by atoms with Crippen molar-refractivity contribution in [2.75, 3.05) is 0 Å². The minimum Gasteiger partial charge on any atom is -0.456 e. The molecule has 1 aromatic heterocycles. The van der Waals surface area contributed by atoms with Crippen LogP contribution in [0.15, 0.2) is 83.3 Å². The normalized spacial score (nSPS) is 10.8. The maximum Gasteiger partial charge on any atom is 0.355 e. The van der Waals surface area contributed by atoms with Gasteiger partial charge in [0, 0.05) is 34.1 Å². The molecule has 0 amide bonds. The zero-order valence-electron chi connectivity index (χ0n) is 15.8. The summed E-state index contributed by atoms with van der Waals surface area (Å²) in [5, 5.41) is 11.8. The van der Waals surface area contributed by atoms with Crippen molar-refractivity contribution in [3.05, 3.63) is 110 Å². The molecule has 0 N–H and O–H groups in total. The summed E-state index contributed by atoms with van der Waals surface area (Å²) in [4.78, 5) is 23.4. The minimum atomic E-state index is -0.432. The van der Waals surface area contributed by atoms with E-state index in [9.17, 15) is 14.9 Å². The molecule has 150 valence electrons. The van der Waals surface area contributed by atoms with Gasteiger partial charge < -0.3 is 9.30 Å². The van der Waals surface area contributed by atoms with Crippen LogP contribution < -0.4 is 0 Å². The molecule has 30 heavy (non-hydrogen) atoms. The number of rotatable bonds is 6. The SMILES string of the molecule is O=C(OCc1ccccc1)c1cc2cc(Br)ccc2n1Cc1ccc([N+](=O)[O-])cc1. The second kappa shape index (κ2) is 8.51. The van der Waals surface area contributed by atoms with Crippen LogP contribution in [0, 0.1) is 10.1 Å². The van der Waals surface area contributed by atoms with Gasteiger partial charge >= 0.3 is 5.97 Å². The fourth-order valence-corrected chi connectivity index (χ4v) is 3.66. The maximum atomic E-state index is 12.9. The van der Waals surface area contributed by atoms with E-state index in [4.69, 9.17) is 4.74 Å². The van der Waals surface area contributed by atoms with Crippen LogP contribution in [-0.4, -0.2) is 15.5 Å². The van der Waals surface area contributed by atoms with E-state index >= 15 is 0 Å². The number of fused-ring (bicyclic) bond motifs is 1. The second-order valence-corrected chi connectivity index (χ2v) is 7.72. The highest BCUT2D eigenvalue weighted by atomic mass is 79.9. The van der Waals surface area contributed by atoms with Gasteiger partial charge in [-0.1, -0.05) is 58.4 Å². The van der Waals surface area contributed by atoms with E-state index in [1.165, 1.54) is 12.1 Å². The van der Waals surface area contributed by atoms with E-state index in [1.54, 1.807) is 18.2 Å². The number of nitrogens with zero attached hydrogens (tertiary/aromatic N) is 2. The molecule has 0 fully saturated rings. The average Bonchev–Trinajstić information content (AvgIpc) is 3.10. The van der Waals surface area contributed by atoms with E-state index < -0.39 is 10.9 Å². The Bertz CT molecular complexity index is 1220. The third-order valence-electron chi connectivity index (χ3n) is 4.77. The molecule has 0 atom stereocenters. The van der Waals surface area contributed by atoms with Gasteiger partial charge in [0.2, 0.25) is 0 Å². The molecule has 1 heterocycles. The topological polar surface area (TPSA) is 74.4 Å². The molecule has 4 aromatic rings. The van der Waals surface area contributed by atoms with E-state index in [1.807, 2.05) is 53.1 Å². The fourth-order valence-electron chi connectivity index (χ4n) is 3.28. The lowest BCUT2D eigenvalue weighted by Crippen LogP contribution is -2.13. The van der Waals surface area contributed by atoms with Crippen LogP contribution >= 0.6 is 15.9 Å². The molecular weight excluding hydrogens is 448 g/mol. The van der Waals surface area contributed by atoms with Gasteiger partial charge in [-0.3, -0.25) is 10.1 Å². The molecule has 7 heteroatoms. The van der Waals surface area contributed by atoms with Crippen LogP contribution in [0.4, 0.5) is 5.69 Å². The lowest BCUT2D eigenvalue weighted by molar-refractivity contribution is -0.384. The van der Waals surface area contributed by atoms with Crippen LogP contribution in [0.3, 0.4) is 0 Å². The first-order valence-corrected chi connectivity index (χ1v) is 10.0. The third kappa shape index (κ3) is 4.26. The number of carbonyl (C=O) groups excluding carboxylic acids is 1. The van der Waals surface area contributed by atoms with Crippen molar-refractivity contribution in [2.24, 2.45) is 0 Å². The molecule has 0 aliphatic carbocycles. The molecule has 6 nitrogen and oxygen atoms in total. The number of ether oxygens (including phenoxy) is 1. The number of hydrogen-bond donors (Lipinski definition) is 0. The molecule has 4 rings (SSSR count). The Morgan fingerprint density at radius 1 is 0.967 bits per heavy atom. The number of halogens is 1. The molecule has 0 spiro atoms. The Balaban J connectivity index is 1.66. The van der Waals surface area contributed by atoms with Gasteiger partial charge in [0.1, 0.15) is 12.3 Å². The number of hydrogen-bond acceptors (Lipinski definition) is 4. The number of aromatic nitrogens is 1. The Hall–Kier alpha value is -3.45. The average molecular weight is 465 g/mol. The number of nitro benzene ring substituents is 1. The van der Waals surface area contributed by atoms with Gasteiger partial charge in [-0.15, -0.1) is 0 Å². The van der Waals surface area contributed by atoms with Gasteiger partial charge in [-0.2, -0.15) is 0 Å². The molecule has 0 saturated carbocycles. The van der Waals surface area contributed by atoms with Crippen LogP contribution in [-0.2, 0) is 17.9 Å². The standard InChI is InChI=1S/C23H17BrN2O4/c24-19-8-11-21-18(12-19)13-22(23(27)30-15-17-4-2-1-3-5-17)25(21)14-16-6-9-20(10-7-16)26(28)29/h1-13H,14-15H2. The first kappa shape index (κ1) is 19.8. The first-order chi connectivity index (χ1) is 14.5. The lowest BCUT2D eigenvalue weighted by Gasteiger charge is -2.11. The second-order valence-electron chi connectivity index (χ2n) is 6.80. The summed E-state index contributed by atoms with van der Waals surface area (Å²) in [7, 11) is 0. The highest BCUT2D eigenvalue weighted by Gasteiger charge is 2.18. The number of nitro groups is 1. The summed E-state index contributed by atoms with van der Waals surface area (Å²) in [6, 6.07) is 23.4. The van der Waals surface area contributed by atoms with Crippen molar-refractivity contribution in [1.82, 2.24) is 4.57 Å². The van der Waals surface area contributed by atoms with Crippen LogP contribution in [0.1, 0.15) is 21.6 Å². The minimum absolute atomic E-state index is 0.0301. The zero-order valence-corrected chi connectivity index (χ0v) is 17.4. The van der Waals surface area contributed by atoms with Gasteiger partial charge in [-0.05, 0) is 35.4 Å². The summed E-state index contributed by atoms with van der Waals surface area (Å²) < 4.78 is 8.32. The quantitative estimate of drug-likeness (QED) is 0.208. The molecule has 0 aliphatic rings. The first-order valence-electron chi connectivity index (χ1n) is 9.24. The number of carbonyl (C=O) groups is 1. The van der Waals surface area contributed by atoms with Gasteiger partial charge in [0.15, 0.2) is 0 Å². The van der Waals surface area contributed by atoms with Gasteiger partial charge in [0.25, 0.3) is 5.69 Å². The fraction of sp³-hybridized carbons (Fsp3) is 0.0870. The molecule has 0 radical (unpaired) electrons. The summed E-state index contributed by atoms with van der Waals surface area (Å²) in [6.07, 6.45) is 0. The number of esters is 1. The van der Waals surface area contributed by atoms with Crippen LogP contribution in [0.5, 0.6) is 0 Å². The molecule has 0 unspecified atom stereocenters. The van der Waals surface area contributed by atoms with Gasteiger partial charge in [0.05, 0.1) is 4.92 Å². The number of benzene rings is 3. The highest BCUT2D eigenvalue weighted by molar-refractivity contribution is 9.10. The smallest absolute Gasteiger partial charge is 0.355 e. The molecule has 0 aliphatic heterocycles. The maximum absolute atomic E-state index is 12.9. The summed E-state index contributed by atoms with van der Waals surface area (Å²) in [5.41, 5.74) is 3.09. The highest BCUT2D eigenvalue weighted by Crippen LogP contribution is 2.26. The van der Waals surface area contributed by atoms with Crippen molar-refractivity contribution in [3.8, 4) is 0 Å². The predicted molar refractivity (Wildman–Crippen MR) is 117 cm³/mol. The zero-order chi connectivity index (χ0) is 21.1. The van der Waals surface area contributed by atoms with Crippen molar-refractivity contribution in [3.63, 3.8) is 0 Å². The van der Waals surface area contributed by atoms with E-state index in [0.29, 0.717) is 12.2 Å². The van der Waals surface area contributed by atoms with E-state index in [2.05, 4.69) is 15.9 Å². The Morgan fingerprint density at radius 3 is 2.40 bits per heavy atom. The van der Waals surface area contributed by atoms with Gasteiger partial charge in [-0.25, -0.2) is 4.79 Å². The molecule has 0 bridgehead atoms. The molecule has 3 aromatic carbocycles.